The SMILES string of the molecule is Cc1ccc(F)cc1Cn1cccc(Br)c1=O. The van der Waals surface area contributed by atoms with Crippen molar-refractivity contribution in [2.45, 2.75) is 13.5 Å². The smallest absolute Gasteiger partial charge is 0.265 e. The van der Waals surface area contributed by atoms with Gasteiger partial charge in [-0.2, -0.15) is 0 Å². The predicted octanol–water partition coefficient (Wildman–Crippen LogP) is 3.11. The maximum atomic E-state index is 13.1. The van der Waals surface area contributed by atoms with Gasteiger partial charge < -0.3 is 4.57 Å². The number of hydrogen-bond acceptors (Lipinski definition) is 1. The first kappa shape index (κ1) is 12.0. The van der Waals surface area contributed by atoms with Gasteiger partial charge in [-0.1, -0.05) is 6.07 Å². The van der Waals surface area contributed by atoms with E-state index in [2.05, 4.69) is 15.9 Å². The van der Waals surface area contributed by atoms with Crippen molar-refractivity contribution in [3.8, 4) is 0 Å². The molecule has 0 unspecified atom stereocenters. The van der Waals surface area contributed by atoms with Crippen molar-refractivity contribution in [2.75, 3.05) is 0 Å². The normalized spacial score (nSPS) is 10.5. The van der Waals surface area contributed by atoms with Crippen LogP contribution in [0.2, 0.25) is 0 Å². The van der Waals surface area contributed by atoms with E-state index < -0.39 is 0 Å². The molecule has 0 radical (unpaired) electrons. The van der Waals surface area contributed by atoms with Gasteiger partial charge in [-0.3, -0.25) is 4.79 Å². The molecule has 0 aliphatic carbocycles. The van der Waals surface area contributed by atoms with Crippen molar-refractivity contribution in [2.24, 2.45) is 0 Å². The fraction of sp³-hybridized carbons (Fsp3) is 0.154. The summed E-state index contributed by atoms with van der Waals surface area (Å²) < 4.78 is 15.2. The first-order valence-corrected chi connectivity index (χ1v) is 5.97. The molecule has 0 amide bonds. The molecule has 0 saturated carbocycles. The van der Waals surface area contributed by atoms with Crippen LogP contribution in [0.3, 0.4) is 0 Å². The van der Waals surface area contributed by atoms with E-state index in [9.17, 15) is 9.18 Å². The maximum Gasteiger partial charge on any atom is 0.265 e. The molecule has 1 heterocycles. The third-order valence-corrected chi connectivity index (χ3v) is 3.23. The standard InChI is InChI=1S/C13H11BrFNO/c1-9-4-5-11(15)7-10(9)8-16-6-2-3-12(14)13(16)17/h2-7H,8H2,1H3. The lowest BCUT2D eigenvalue weighted by molar-refractivity contribution is 0.621. The average molecular weight is 296 g/mol. The van der Waals surface area contributed by atoms with Crippen molar-refractivity contribution < 1.29 is 4.39 Å². The quantitative estimate of drug-likeness (QED) is 0.834. The summed E-state index contributed by atoms with van der Waals surface area (Å²) in [6.07, 6.45) is 1.69. The zero-order valence-corrected chi connectivity index (χ0v) is 10.9. The van der Waals surface area contributed by atoms with Gasteiger partial charge >= 0.3 is 0 Å². The van der Waals surface area contributed by atoms with Crippen LogP contribution in [0.5, 0.6) is 0 Å². The highest BCUT2D eigenvalue weighted by Crippen LogP contribution is 2.11. The van der Waals surface area contributed by atoms with Crippen molar-refractivity contribution in [1.29, 1.82) is 0 Å². The predicted molar refractivity (Wildman–Crippen MR) is 68.6 cm³/mol. The minimum Gasteiger partial charge on any atom is -0.310 e. The fourth-order valence-electron chi connectivity index (χ4n) is 1.63. The van der Waals surface area contributed by atoms with Crippen LogP contribution in [-0.2, 0) is 6.54 Å². The molecule has 0 atom stereocenters. The number of benzene rings is 1. The molecule has 17 heavy (non-hydrogen) atoms. The lowest BCUT2D eigenvalue weighted by atomic mass is 10.1. The van der Waals surface area contributed by atoms with Crippen LogP contribution >= 0.6 is 15.9 Å². The molecule has 2 nitrogen and oxygen atoms in total. The minimum atomic E-state index is -0.284. The summed E-state index contributed by atoms with van der Waals surface area (Å²) in [5.41, 5.74) is 1.67. The average Bonchev–Trinajstić information content (AvgIpc) is 2.30. The molecule has 0 saturated heterocycles. The highest BCUT2D eigenvalue weighted by Gasteiger charge is 2.04. The molecule has 0 aliphatic heterocycles. The summed E-state index contributed by atoms with van der Waals surface area (Å²) in [5, 5.41) is 0. The molecule has 4 heteroatoms. The second-order valence-corrected chi connectivity index (χ2v) is 4.71. The van der Waals surface area contributed by atoms with Gasteiger partial charge in [0.25, 0.3) is 5.56 Å². The fourth-order valence-corrected chi connectivity index (χ4v) is 2.01. The number of aromatic nitrogens is 1. The van der Waals surface area contributed by atoms with Crippen LogP contribution in [0.15, 0.2) is 45.8 Å². The first-order valence-electron chi connectivity index (χ1n) is 5.18. The molecule has 0 aliphatic rings. The lowest BCUT2D eigenvalue weighted by Crippen LogP contribution is -2.20. The zero-order valence-electron chi connectivity index (χ0n) is 9.28. The van der Waals surface area contributed by atoms with E-state index in [1.54, 1.807) is 29.0 Å². The molecule has 0 bridgehead atoms. The Labute approximate surface area is 107 Å². The minimum absolute atomic E-state index is 0.115. The number of halogens is 2. The van der Waals surface area contributed by atoms with Crippen LogP contribution in [0.1, 0.15) is 11.1 Å². The van der Waals surface area contributed by atoms with E-state index in [1.807, 2.05) is 6.92 Å². The van der Waals surface area contributed by atoms with Crippen LogP contribution in [0.25, 0.3) is 0 Å². The molecule has 2 rings (SSSR count). The molecule has 0 N–H and O–H groups in total. The Bertz CT molecular complexity index is 607. The molecule has 1 aromatic carbocycles. The van der Waals surface area contributed by atoms with Gasteiger partial charge in [-0.25, -0.2) is 4.39 Å². The Morgan fingerprint density at radius 3 is 2.88 bits per heavy atom. The van der Waals surface area contributed by atoms with Crippen molar-refractivity contribution in [3.63, 3.8) is 0 Å². The van der Waals surface area contributed by atoms with E-state index in [0.717, 1.165) is 11.1 Å². The van der Waals surface area contributed by atoms with Crippen molar-refractivity contribution in [1.82, 2.24) is 4.57 Å². The van der Waals surface area contributed by atoms with E-state index in [1.165, 1.54) is 12.1 Å². The first-order chi connectivity index (χ1) is 8.08. The zero-order chi connectivity index (χ0) is 12.4. The highest BCUT2D eigenvalue weighted by atomic mass is 79.9. The Hall–Kier alpha value is -1.42. The number of pyridine rings is 1. The Morgan fingerprint density at radius 1 is 1.35 bits per heavy atom. The van der Waals surface area contributed by atoms with Gasteiger partial charge in [0.2, 0.25) is 0 Å². The van der Waals surface area contributed by atoms with Gasteiger partial charge in [-0.05, 0) is 58.2 Å². The molecule has 0 fully saturated rings. The highest BCUT2D eigenvalue weighted by molar-refractivity contribution is 9.10. The van der Waals surface area contributed by atoms with Gasteiger partial charge in [0, 0.05) is 6.20 Å². The number of nitrogens with zero attached hydrogens (tertiary/aromatic N) is 1. The second-order valence-electron chi connectivity index (χ2n) is 3.86. The summed E-state index contributed by atoms with van der Waals surface area (Å²) in [6.45, 7) is 2.28. The van der Waals surface area contributed by atoms with Crippen LogP contribution < -0.4 is 5.56 Å². The third kappa shape index (κ3) is 2.64. The molecule has 88 valence electrons. The molecule has 2 aromatic rings. The summed E-state index contributed by atoms with van der Waals surface area (Å²) >= 11 is 3.18. The number of rotatable bonds is 2. The summed E-state index contributed by atoms with van der Waals surface area (Å²) in [4.78, 5) is 11.8. The summed E-state index contributed by atoms with van der Waals surface area (Å²) in [6, 6.07) is 8.07. The molecular weight excluding hydrogens is 285 g/mol. The second kappa shape index (κ2) is 4.84. The summed E-state index contributed by atoms with van der Waals surface area (Å²) in [5.74, 6) is -0.284. The monoisotopic (exact) mass is 295 g/mol. The third-order valence-electron chi connectivity index (χ3n) is 2.63. The molecule has 1 aromatic heterocycles. The molecule has 0 spiro atoms. The van der Waals surface area contributed by atoms with Gasteiger partial charge in [0.05, 0.1) is 11.0 Å². The van der Waals surface area contributed by atoms with E-state index in [-0.39, 0.29) is 11.4 Å². The van der Waals surface area contributed by atoms with Gasteiger partial charge in [0.1, 0.15) is 5.82 Å². The Morgan fingerprint density at radius 2 is 2.12 bits per heavy atom. The van der Waals surface area contributed by atoms with Crippen LogP contribution in [0.4, 0.5) is 4.39 Å². The lowest BCUT2D eigenvalue weighted by Gasteiger charge is -2.09. The maximum absolute atomic E-state index is 13.1. The van der Waals surface area contributed by atoms with Gasteiger partial charge in [0.15, 0.2) is 0 Å². The van der Waals surface area contributed by atoms with Gasteiger partial charge in [-0.15, -0.1) is 0 Å². The van der Waals surface area contributed by atoms with E-state index in [4.69, 9.17) is 0 Å². The molecular formula is C13H11BrFNO. The largest absolute Gasteiger partial charge is 0.310 e. The summed E-state index contributed by atoms with van der Waals surface area (Å²) in [7, 11) is 0. The van der Waals surface area contributed by atoms with E-state index in [0.29, 0.717) is 11.0 Å². The van der Waals surface area contributed by atoms with Crippen LogP contribution in [-0.4, -0.2) is 4.57 Å². The Balaban J connectivity index is 2.41. The van der Waals surface area contributed by atoms with Crippen molar-refractivity contribution in [3.05, 3.63) is 68.3 Å². The Kier molecular flexibility index (Phi) is 3.43. The van der Waals surface area contributed by atoms with Crippen molar-refractivity contribution >= 4 is 15.9 Å². The van der Waals surface area contributed by atoms with E-state index >= 15 is 0 Å². The number of aryl methyl sites for hydroxylation is 1. The van der Waals surface area contributed by atoms with Crippen LogP contribution in [0, 0.1) is 12.7 Å². The number of hydrogen-bond donors (Lipinski definition) is 0. The topological polar surface area (TPSA) is 22.0 Å².